The number of carbonyl (C=O) groups is 2. The molecule has 0 aromatic rings. The minimum Gasteiger partial charge on any atom is -0.481 e. The second kappa shape index (κ2) is 6.59. The summed E-state index contributed by atoms with van der Waals surface area (Å²) in [7, 11) is 5.81. The summed E-state index contributed by atoms with van der Waals surface area (Å²) in [5.41, 5.74) is 0. The third-order valence-electron chi connectivity index (χ3n) is 2.03. The standard InChI is InChI=1S/C12H23NO4/c1-9(2)6-12(16)17-10(7-11(14)15)8-13(3,4)5/h9-10H,6-8H2,1-5H3/p+1/t10-/m1/s1/i3-1. The Morgan fingerprint density at radius 3 is 2.06 bits per heavy atom. The monoisotopic (exact) mass is 245 g/mol. The van der Waals surface area contributed by atoms with E-state index < -0.39 is 12.1 Å². The number of hydrogen-bond acceptors (Lipinski definition) is 3. The highest BCUT2D eigenvalue weighted by atomic mass is 16.5. The molecule has 1 N–H and O–H groups in total. The molecule has 0 aliphatic carbocycles. The van der Waals surface area contributed by atoms with Crippen LogP contribution in [0.1, 0.15) is 26.7 Å². The molecule has 0 aromatic heterocycles. The first-order chi connectivity index (χ1) is 7.60. The van der Waals surface area contributed by atoms with E-state index in [1.54, 1.807) is 0 Å². The van der Waals surface area contributed by atoms with Crippen molar-refractivity contribution in [2.45, 2.75) is 32.8 Å². The molecule has 17 heavy (non-hydrogen) atoms. The Bertz CT molecular complexity index is 268. The fraction of sp³-hybridized carbons (Fsp3) is 0.833. The highest BCUT2D eigenvalue weighted by Crippen LogP contribution is 2.09. The van der Waals surface area contributed by atoms with Crippen molar-refractivity contribution >= 4 is 11.9 Å². The molecule has 0 bridgehead atoms. The van der Waals surface area contributed by atoms with Gasteiger partial charge in [-0.2, -0.15) is 0 Å². The smallest absolute Gasteiger partial charge is 0.307 e. The molecule has 0 radical (unpaired) electrons. The molecule has 0 spiro atoms. The number of quaternary nitrogens is 1. The Balaban J connectivity index is 4.38. The molecular weight excluding hydrogens is 221 g/mol. The summed E-state index contributed by atoms with van der Waals surface area (Å²) >= 11 is 0. The number of carboxylic acids is 1. The van der Waals surface area contributed by atoms with Gasteiger partial charge in [0.1, 0.15) is 6.54 Å². The van der Waals surface area contributed by atoms with E-state index in [0.29, 0.717) is 17.4 Å². The van der Waals surface area contributed by atoms with Crippen LogP contribution in [0.3, 0.4) is 0 Å². The lowest BCUT2D eigenvalue weighted by atomic mass is 10.1. The van der Waals surface area contributed by atoms with Crippen LogP contribution >= 0.6 is 0 Å². The fourth-order valence-corrected chi connectivity index (χ4v) is 1.52. The Labute approximate surface area is 103 Å². The second-order valence-corrected chi connectivity index (χ2v) is 5.78. The van der Waals surface area contributed by atoms with Crippen molar-refractivity contribution in [2.24, 2.45) is 5.92 Å². The van der Waals surface area contributed by atoms with Crippen LogP contribution < -0.4 is 0 Å². The van der Waals surface area contributed by atoms with E-state index in [-0.39, 0.29) is 18.3 Å². The van der Waals surface area contributed by atoms with Gasteiger partial charge in [0, 0.05) is 6.42 Å². The Morgan fingerprint density at radius 2 is 1.71 bits per heavy atom. The molecule has 0 fully saturated rings. The Kier molecular flexibility index (Phi) is 6.16. The van der Waals surface area contributed by atoms with Gasteiger partial charge >= 0.3 is 11.9 Å². The lowest BCUT2D eigenvalue weighted by Gasteiger charge is -2.28. The van der Waals surface area contributed by atoms with Gasteiger partial charge in [-0.05, 0) is 5.92 Å². The predicted octanol–water partition coefficient (Wildman–Crippen LogP) is 1.13. The van der Waals surface area contributed by atoms with Crippen LogP contribution in [-0.2, 0) is 14.3 Å². The molecule has 5 heteroatoms. The number of rotatable bonds is 7. The molecular formula is C12H24NO4+. The number of esters is 1. The van der Waals surface area contributed by atoms with E-state index in [2.05, 4.69) is 0 Å². The first-order valence-electron chi connectivity index (χ1n) is 5.82. The van der Waals surface area contributed by atoms with Gasteiger partial charge in [-0.25, -0.2) is 0 Å². The maximum Gasteiger partial charge on any atom is 0.307 e. The summed E-state index contributed by atoms with van der Waals surface area (Å²) in [6.45, 7) is 4.34. The van der Waals surface area contributed by atoms with Crippen molar-refractivity contribution in [1.82, 2.24) is 0 Å². The lowest BCUT2D eigenvalue weighted by Crippen LogP contribution is -2.43. The van der Waals surface area contributed by atoms with Crippen molar-refractivity contribution in [3.8, 4) is 0 Å². The molecule has 0 aromatic carbocycles. The normalized spacial score (nSPS) is 13.5. The average molecular weight is 245 g/mol. The number of carboxylic acid groups (broad SMARTS) is 1. The van der Waals surface area contributed by atoms with Crippen LogP contribution in [0.25, 0.3) is 0 Å². The highest BCUT2D eigenvalue weighted by molar-refractivity contribution is 5.71. The van der Waals surface area contributed by atoms with Crippen LogP contribution in [0.4, 0.5) is 0 Å². The third kappa shape index (κ3) is 9.81. The summed E-state index contributed by atoms with van der Waals surface area (Å²) < 4.78 is 5.78. The van der Waals surface area contributed by atoms with Crippen molar-refractivity contribution in [1.29, 1.82) is 0 Å². The first kappa shape index (κ1) is 15.9. The van der Waals surface area contributed by atoms with Crippen molar-refractivity contribution in [2.75, 3.05) is 27.7 Å². The Hall–Kier alpha value is -1.10. The number of carbonyl (C=O) groups excluding carboxylic acids is 1. The van der Waals surface area contributed by atoms with Gasteiger partial charge in [-0.1, -0.05) is 13.8 Å². The predicted molar refractivity (Wildman–Crippen MR) is 64.5 cm³/mol. The zero-order chi connectivity index (χ0) is 13.6. The highest BCUT2D eigenvalue weighted by Gasteiger charge is 2.24. The van der Waals surface area contributed by atoms with Gasteiger partial charge in [0.15, 0.2) is 6.10 Å². The van der Waals surface area contributed by atoms with Gasteiger partial charge < -0.3 is 14.3 Å². The largest absolute Gasteiger partial charge is 0.481 e. The number of hydrogen-bond donors (Lipinski definition) is 1. The van der Waals surface area contributed by atoms with Crippen LogP contribution in [0.2, 0.25) is 0 Å². The van der Waals surface area contributed by atoms with E-state index in [1.165, 1.54) is 0 Å². The molecule has 0 saturated heterocycles. The molecule has 5 nitrogen and oxygen atoms in total. The summed E-state index contributed by atoms with van der Waals surface area (Å²) in [6.07, 6.45) is -0.370. The minimum absolute atomic E-state index is 0.140. The molecule has 100 valence electrons. The van der Waals surface area contributed by atoms with Crippen molar-refractivity contribution in [3.63, 3.8) is 0 Å². The quantitative estimate of drug-likeness (QED) is 0.539. The number of aliphatic carboxylic acids is 1. The van der Waals surface area contributed by atoms with Crippen LogP contribution in [-0.4, -0.2) is 55.3 Å². The van der Waals surface area contributed by atoms with Crippen LogP contribution in [0, 0.1) is 5.92 Å². The number of ether oxygens (including phenoxy) is 1. The minimum atomic E-state index is -0.944. The molecule has 0 saturated carbocycles. The van der Waals surface area contributed by atoms with Crippen molar-refractivity contribution < 1.29 is 23.9 Å². The zero-order valence-corrected chi connectivity index (χ0v) is 11.4. The average Bonchev–Trinajstić information content (AvgIpc) is 1.95. The summed E-state index contributed by atoms with van der Waals surface area (Å²) in [5, 5.41) is 8.78. The summed E-state index contributed by atoms with van der Waals surface area (Å²) in [6, 6.07) is 0. The molecule has 0 aliphatic rings. The number of nitrogens with zero attached hydrogens (tertiary/aromatic N) is 1. The molecule has 1 atom stereocenters. The maximum atomic E-state index is 11.5. The van der Waals surface area contributed by atoms with Crippen LogP contribution in [0.15, 0.2) is 0 Å². The van der Waals surface area contributed by atoms with Gasteiger partial charge in [0.05, 0.1) is 27.6 Å². The number of likely N-dealkylation sites (N-methyl/N-ethyl adjacent to an activating group) is 1. The lowest BCUT2D eigenvalue weighted by molar-refractivity contribution is -0.873. The topological polar surface area (TPSA) is 63.6 Å². The molecule has 0 heterocycles. The van der Waals surface area contributed by atoms with E-state index in [4.69, 9.17) is 9.84 Å². The van der Waals surface area contributed by atoms with E-state index >= 15 is 0 Å². The van der Waals surface area contributed by atoms with E-state index in [0.717, 1.165) is 0 Å². The van der Waals surface area contributed by atoms with Gasteiger partial charge in [-0.15, -0.1) is 0 Å². The SMILES string of the molecule is CC(C)CC(=O)O[C@H](CC(=O)O)C[N+](C)(C)[11CH3]. The first-order valence-corrected chi connectivity index (χ1v) is 5.82. The summed E-state index contributed by atoms with van der Waals surface area (Å²) in [4.78, 5) is 22.2. The van der Waals surface area contributed by atoms with E-state index in [1.807, 2.05) is 35.0 Å². The van der Waals surface area contributed by atoms with Crippen LogP contribution in [0.5, 0.6) is 0 Å². The second-order valence-electron chi connectivity index (χ2n) is 5.78. The van der Waals surface area contributed by atoms with Gasteiger partial charge in [0.25, 0.3) is 0 Å². The molecule has 0 aliphatic heterocycles. The van der Waals surface area contributed by atoms with Gasteiger partial charge in [0.2, 0.25) is 0 Å². The Morgan fingerprint density at radius 1 is 1.18 bits per heavy atom. The molecule has 0 amide bonds. The molecule has 0 rings (SSSR count). The van der Waals surface area contributed by atoms with E-state index in [9.17, 15) is 9.59 Å². The summed E-state index contributed by atoms with van der Waals surface area (Å²) in [5.74, 6) is -1.04. The zero-order valence-electron chi connectivity index (χ0n) is 11.4. The molecule has 0 unspecified atom stereocenters. The fourth-order valence-electron chi connectivity index (χ4n) is 1.52. The maximum absolute atomic E-state index is 11.5. The third-order valence-corrected chi connectivity index (χ3v) is 2.03. The van der Waals surface area contributed by atoms with Gasteiger partial charge in [-0.3, -0.25) is 9.59 Å². The van der Waals surface area contributed by atoms with Crippen molar-refractivity contribution in [3.05, 3.63) is 0 Å².